The van der Waals surface area contributed by atoms with Gasteiger partial charge in [0.2, 0.25) is 0 Å². The first-order chi connectivity index (χ1) is 12.6. The first-order valence-corrected chi connectivity index (χ1v) is 7.97. The molecule has 0 unspecified atom stereocenters. The van der Waals surface area contributed by atoms with Crippen molar-refractivity contribution in [2.45, 2.75) is 0 Å². The SMILES string of the molecule is Nc1c(Nc2cccc(-c3cccc(-c4ccncc4)n3)c2)c(=O)c1=O. The molecule has 0 saturated heterocycles. The number of anilines is 3. The fourth-order valence-electron chi connectivity index (χ4n) is 2.71. The van der Waals surface area contributed by atoms with Crippen LogP contribution in [-0.4, -0.2) is 9.97 Å². The molecule has 0 amide bonds. The molecule has 0 aliphatic carbocycles. The highest BCUT2D eigenvalue weighted by atomic mass is 16.2. The van der Waals surface area contributed by atoms with Crippen molar-refractivity contribution in [1.82, 2.24) is 9.97 Å². The Morgan fingerprint density at radius 3 is 2.23 bits per heavy atom. The van der Waals surface area contributed by atoms with Crippen LogP contribution >= 0.6 is 0 Å². The Hall–Kier alpha value is -3.80. The molecule has 0 saturated carbocycles. The fraction of sp³-hybridized carbons (Fsp3) is 0. The summed E-state index contributed by atoms with van der Waals surface area (Å²) in [5.74, 6) is 0. The quantitative estimate of drug-likeness (QED) is 0.553. The molecule has 0 radical (unpaired) electrons. The second kappa shape index (κ2) is 6.25. The van der Waals surface area contributed by atoms with E-state index in [2.05, 4.69) is 10.3 Å². The Morgan fingerprint density at radius 1 is 0.808 bits per heavy atom. The third-order valence-electron chi connectivity index (χ3n) is 4.10. The minimum absolute atomic E-state index is 0.0294. The monoisotopic (exact) mass is 342 g/mol. The normalized spacial score (nSPS) is 10.8. The first kappa shape index (κ1) is 15.7. The summed E-state index contributed by atoms with van der Waals surface area (Å²) in [7, 11) is 0. The van der Waals surface area contributed by atoms with Gasteiger partial charge in [-0.1, -0.05) is 18.2 Å². The van der Waals surface area contributed by atoms with Gasteiger partial charge in [-0.05, 0) is 36.4 Å². The highest BCUT2D eigenvalue weighted by Gasteiger charge is 2.17. The van der Waals surface area contributed by atoms with Crippen LogP contribution in [0.25, 0.3) is 22.5 Å². The van der Waals surface area contributed by atoms with Crippen molar-refractivity contribution in [2.75, 3.05) is 11.1 Å². The van der Waals surface area contributed by atoms with Crippen molar-refractivity contribution in [3.05, 3.63) is 87.4 Å². The molecule has 26 heavy (non-hydrogen) atoms. The van der Waals surface area contributed by atoms with E-state index in [1.54, 1.807) is 18.5 Å². The average Bonchev–Trinajstić information content (AvgIpc) is 2.72. The second-order valence-electron chi connectivity index (χ2n) is 5.80. The van der Waals surface area contributed by atoms with Gasteiger partial charge in [-0.15, -0.1) is 0 Å². The molecule has 0 aliphatic rings. The molecule has 0 aliphatic heterocycles. The number of hydrogen-bond acceptors (Lipinski definition) is 6. The van der Waals surface area contributed by atoms with E-state index >= 15 is 0 Å². The van der Waals surface area contributed by atoms with Crippen molar-refractivity contribution in [3.63, 3.8) is 0 Å². The number of rotatable bonds is 4. The molecule has 0 spiro atoms. The van der Waals surface area contributed by atoms with Gasteiger partial charge in [-0.25, -0.2) is 4.98 Å². The summed E-state index contributed by atoms with van der Waals surface area (Å²) in [6.45, 7) is 0. The lowest BCUT2D eigenvalue weighted by atomic mass is 10.1. The van der Waals surface area contributed by atoms with E-state index < -0.39 is 10.9 Å². The summed E-state index contributed by atoms with van der Waals surface area (Å²) in [5, 5.41) is 2.91. The van der Waals surface area contributed by atoms with Crippen molar-refractivity contribution in [2.24, 2.45) is 0 Å². The molecular formula is C20H14N4O2. The summed E-state index contributed by atoms with van der Waals surface area (Å²) in [6.07, 6.45) is 3.45. The lowest BCUT2D eigenvalue weighted by molar-refractivity contribution is 1.29. The Kier molecular flexibility index (Phi) is 3.78. The third-order valence-corrected chi connectivity index (χ3v) is 4.10. The lowest BCUT2D eigenvalue weighted by Gasteiger charge is -2.11. The van der Waals surface area contributed by atoms with Crippen molar-refractivity contribution in [1.29, 1.82) is 0 Å². The van der Waals surface area contributed by atoms with Crippen LogP contribution in [0, 0.1) is 0 Å². The highest BCUT2D eigenvalue weighted by Crippen LogP contribution is 2.26. The van der Waals surface area contributed by atoms with E-state index in [0.717, 1.165) is 22.5 Å². The predicted octanol–water partition coefficient (Wildman–Crippen LogP) is 2.73. The van der Waals surface area contributed by atoms with E-state index in [1.165, 1.54) is 0 Å². The molecule has 0 bridgehead atoms. The molecule has 4 rings (SSSR count). The van der Waals surface area contributed by atoms with Gasteiger partial charge in [0.05, 0.1) is 11.4 Å². The van der Waals surface area contributed by atoms with Crippen LogP contribution in [-0.2, 0) is 0 Å². The smallest absolute Gasteiger partial charge is 0.253 e. The maximum Gasteiger partial charge on any atom is 0.253 e. The number of hydrogen-bond donors (Lipinski definition) is 2. The van der Waals surface area contributed by atoms with Crippen LogP contribution in [0.4, 0.5) is 17.1 Å². The number of nitrogens with zero attached hydrogens (tertiary/aromatic N) is 2. The van der Waals surface area contributed by atoms with E-state index in [9.17, 15) is 9.59 Å². The molecule has 6 nitrogen and oxygen atoms in total. The zero-order chi connectivity index (χ0) is 18.1. The summed E-state index contributed by atoms with van der Waals surface area (Å²) < 4.78 is 0. The van der Waals surface area contributed by atoms with Gasteiger partial charge < -0.3 is 11.1 Å². The highest BCUT2D eigenvalue weighted by molar-refractivity contribution is 5.78. The maximum atomic E-state index is 11.6. The van der Waals surface area contributed by atoms with Crippen LogP contribution < -0.4 is 21.9 Å². The van der Waals surface area contributed by atoms with Crippen molar-refractivity contribution >= 4 is 17.1 Å². The molecule has 4 aromatic rings. The van der Waals surface area contributed by atoms with Gasteiger partial charge in [0.25, 0.3) is 10.9 Å². The largest absolute Gasteiger partial charge is 0.394 e. The molecule has 0 fully saturated rings. The van der Waals surface area contributed by atoms with Gasteiger partial charge in [-0.3, -0.25) is 14.6 Å². The van der Waals surface area contributed by atoms with Crippen LogP contribution in [0.15, 0.2) is 76.6 Å². The standard InChI is InChI=1S/C20H14N4O2/c21-17-18(20(26)19(17)25)23-14-4-1-3-13(11-14)16-6-2-5-15(24-16)12-7-9-22-10-8-12/h1-11,23H,21H2. The number of benzene rings is 1. The third kappa shape index (κ3) is 2.73. The minimum atomic E-state index is -0.643. The number of pyridine rings is 2. The first-order valence-electron chi connectivity index (χ1n) is 7.97. The average molecular weight is 342 g/mol. The number of nitrogens with one attached hydrogen (secondary N) is 1. The van der Waals surface area contributed by atoms with Gasteiger partial charge in [0, 0.05) is 29.2 Å². The second-order valence-corrected chi connectivity index (χ2v) is 5.80. The molecule has 126 valence electrons. The van der Waals surface area contributed by atoms with E-state index in [0.29, 0.717) is 5.69 Å². The molecule has 6 heteroatoms. The van der Waals surface area contributed by atoms with Crippen LogP contribution in [0.5, 0.6) is 0 Å². The van der Waals surface area contributed by atoms with Crippen molar-refractivity contribution in [3.8, 4) is 22.5 Å². The molecule has 0 atom stereocenters. The summed E-state index contributed by atoms with van der Waals surface area (Å²) in [6, 6.07) is 17.0. The Bertz CT molecular complexity index is 1160. The number of nitrogen functional groups attached to an aromatic ring is 1. The Morgan fingerprint density at radius 2 is 1.50 bits per heavy atom. The molecule has 2 aromatic heterocycles. The Balaban J connectivity index is 1.67. The van der Waals surface area contributed by atoms with E-state index in [1.807, 2.05) is 48.5 Å². The fourth-order valence-corrected chi connectivity index (χ4v) is 2.71. The van der Waals surface area contributed by atoms with Crippen LogP contribution in [0.2, 0.25) is 0 Å². The molecular weight excluding hydrogens is 328 g/mol. The summed E-state index contributed by atoms with van der Waals surface area (Å²) in [4.78, 5) is 31.5. The van der Waals surface area contributed by atoms with Crippen LogP contribution in [0.1, 0.15) is 0 Å². The topological polar surface area (TPSA) is 98.0 Å². The Labute approximate surface area is 148 Å². The molecule has 3 N–H and O–H groups in total. The van der Waals surface area contributed by atoms with Crippen molar-refractivity contribution < 1.29 is 0 Å². The number of nitrogens with two attached hydrogens (primary N) is 1. The van der Waals surface area contributed by atoms with E-state index in [4.69, 9.17) is 10.7 Å². The van der Waals surface area contributed by atoms with Gasteiger partial charge >= 0.3 is 0 Å². The molecule has 2 heterocycles. The minimum Gasteiger partial charge on any atom is -0.394 e. The van der Waals surface area contributed by atoms with Crippen LogP contribution in [0.3, 0.4) is 0 Å². The zero-order valence-corrected chi connectivity index (χ0v) is 13.6. The van der Waals surface area contributed by atoms with E-state index in [-0.39, 0.29) is 11.4 Å². The number of aromatic nitrogens is 2. The van der Waals surface area contributed by atoms with Gasteiger partial charge in [-0.2, -0.15) is 0 Å². The lowest BCUT2D eigenvalue weighted by Crippen LogP contribution is -2.36. The van der Waals surface area contributed by atoms with Gasteiger partial charge in [0.1, 0.15) is 11.4 Å². The zero-order valence-electron chi connectivity index (χ0n) is 13.6. The molecule has 2 aromatic carbocycles. The van der Waals surface area contributed by atoms with Gasteiger partial charge in [0.15, 0.2) is 0 Å². The summed E-state index contributed by atoms with van der Waals surface area (Å²) in [5.41, 5.74) is 8.60. The predicted molar refractivity (Wildman–Crippen MR) is 102 cm³/mol. The summed E-state index contributed by atoms with van der Waals surface area (Å²) >= 11 is 0. The maximum absolute atomic E-state index is 11.6.